The second-order valence-electron chi connectivity index (χ2n) is 3.81. The largest absolute Gasteiger partial charge is 0.478 e. The van der Waals surface area contributed by atoms with Crippen molar-refractivity contribution >= 4 is 5.97 Å². The second-order valence-corrected chi connectivity index (χ2v) is 3.81. The van der Waals surface area contributed by atoms with E-state index in [0.717, 1.165) is 19.5 Å². The van der Waals surface area contributed by atoms with E-state index in [9.17, 15) is 4.79 Å². The Morgan fingerprint density at radius 2 is 2.00 bits per heavy atom. The van der Waals surface area contributed by atoms with Gasteiger partial charge in [-0.2, -0.15) is 0 Å². The van der Waals surface area contributed by atoms with Crippen LogP contribution in [0.2, 0.25) is 0 Å². The van der Waals surface area contributed by atoms with Crippen LogP contribution < -0.4 is 0 Å². The zero-order valence-electron chi connectivity index (χ0n) is 8.83. The molecule has 3 nitrogen and oxygen atoms in total. The van der Waals surface area contributed by atoms with Gasteiger partial charge in [0.1, 0.15) is 0 Å². The van der Waals surface area contributed by atoms with Crippen molar-refractivity contribution in [2.24, 2.45) is 0 Å². The number of aliphatic carboxylic acids is 1. The van der Waals surface area contributed by atoms with Gasteiger partial charge in [0.2, 0.25) is 0 Å². The first-order chi connectivity index (χ1) is 6.74. The molecule has 1 aliphatic rings. The minimum absolute atomic E-state index is 0.550. The molecule has 1 fully saturated rings. The Morgan fingerprint density at radius 3 is 2.50 bits per heavy atom. The van der Waals surface area contributed by atoms with Crippen molar-refractivity contribution in [3.8, 4) is 0 Å². The first-order valence-corrected chi connectivity index (χ1v) is 5.42. The van der Waals surface area contributed by atoms with Gasteiger partial charge in [-0.25, -0.2) is 4.79 Å². The van der Waals surface area contributed by atoms with E-state index in [1.165, 1.54) is 19.3 Å². The highest BCUT2D eigenvalue weighted by Gasteiger charge is 2.11. The maximum atomic E-state index is 10.9. The van der Waals surface area contributed by atoms with Gasteiger partial charge in [-0.15, -0.1) is 0 Å². The van der Waals surface area contributed by atoms with Crippen LogP contribution >= 0.6 is 0 Å². The van der Waals surface area contributed by atoms with Crippen LogP contribution in [0.5, 0.6) is 0 Å². The van der Waals surface area contributed by atoms with Crippen LogP contribution in [0, 0.1) is 0 Å². The summed E-state index contributed by atoms with van der Waals surface area (Å²) in [6, 6.07) is 0. The van der Waals surface area contributed by atoms with Crippen LogP contribution in [0.4, 0.5) is 0 Å². The van der Waals surface area contributed by atoms with Crippen molar-refractivity contribution in [3.63, 3.8) is 0 Å². The molecule has 1 aliphatic heterocycles. The number of carboxylic acids is 1. The minimum atomic E-state index is -0.766. The third kappa shape index (κ3) is 3.40. The molecule has 0 radical (unpaired) electrons. The third-order valence-electron chi connectivity index (χ3n) is 2.52. The summed E-state index contributed by atoms with van der Waals surface area (Å²) in [5, 5.41) is 8.94. The Kier molecular flexibility index (Phi) is 4.50. The Hall–Kier alpha value is -0.990. The SMILES string of the molecule is CCCC(=CN1CCCCC1)C(=O)O. The Morgan fingerprint density at radius 1 is 1.36 bits per heavy atom. The average molecular weight is 197 g/mol. The standard InChI is InChI=1S/C11H19NO2/c1-2-6-10(11(13)14)9-12-7-4-3-5-8-12/h9H,2-8H2,1H3,(H,13,14). The number of piperidine rings is 1. The Labute approximate surface area is 85.4 Å². The normalized spacial score (nSPS) is 18.4. The highest BCUT2D eigenvalue weighted by atomic mass is 16.4. The smallest absolute Gasteiger partial charge is 0.333 e. The first-order valence-electron chi connectivity index (χ1n) is 5.42. The van der Waals surface area contributed by atoms with E-state index in [1.54, 1.807) is 0 Å². The maximum absolute atomic E-state index is 10.9. The van der Waals surface area contributed by atoms with Gasteiger partial charge in [0.05, 0.1) is 5.57 Å². The number of carboxylic acid groups (broad SMARTS) is 1. The van der Waals surface area contributed by atoms with E-state index in [-0.39, 0.29) is 0 Å². The molecule has 1 N–H and O–H groups in total. The predicted molar refractivity (Wildman–Crippen MR) is 56.1 cm³/mol. The van der Waals surface area contributed by atoms with Crippen molar-refractivity contribution in [1.82, 2.24) is 4.90 Å². The monoisotopic (exact) mass is 197 g/mol. The van der Waals surface area contributed by atoms with Crippen LogP contribution in [0.3, 0.4) is 0 Å². The summed E-state index contributed by atoms with van der Waals surface area (Å²) in [6.07, 6.45) is 7.06. The lowest BCUT2D eigenvalue weighted by Crippen LogP contribution is -2.25. The fraction of sp³-hybridized carbons (Fsp3) is 0.727. The Balaban J connectivity index is 2.55. The second kappa shape index (κ2) is 5.68. The lowest BCUT2D eigenvalue weighted by Gasteiger charge is -2.25. The lowest BCUT2D eigenvalue weighted by molar-refractivity contribution is -0.132. The lowest BCUT2D eigenvalue weighted by atomic mass is 10.1. The molecule has 0 bridgehead atoms. The van der Waals surface area contributed by atoms with E-state index in [0.29, 0.717) is 12.0 Å². The van der Waals surface area contributed by atoms with Crippen LogP contribution in [-0.2, 0) is 4.79 Å². The quantitative estimate of drug-likeness (QED) is 0.703. The van der Waals surface area contributed by atoms with E-state index < -0.39 is 5.97 Å². The van der Waals surface area contributed by atoms with E-state index in [1.807, 2.05) is 13.1 Å². The molecule has 0 aliphatic carbocycles. The fourth-order valence-electron chi connectivity index (χ4n) is 1.76. The number of rotatable bonds is 4. The van der Waals surface area contributed by atoms with Gasteiger partial charge in [-0.1, -0.05) is 13.3 Å². The van der Waals surface area contributed by atoms with Gasteiger partial charge >= 0.3 is 5.97 Å². The van der Waals surface area contributed by atoms with Crippen molar-refractivity contribution in [3.05, 3.63) is 11.8 Å². The molecule has 1 rings (SSSR count). The molecule has 1 saturated heterocycles. The van der Waals surface area contributed by atoms with Gasteiger partial charge in [-0.3, -0.25) is 0 Å². The molecule has 0 aromatic heterocycles. The molecule has 0 saturated carbocycles. The molecule has 3 heteroatoms. The molecule has 0 spiro atoms. The molecule has 14 heavy (non-hydrogen) atoms. The highest BCUT2D eigenvalue weighted by molar-refractivity contribution is 5.86. The predicted octanol–water partition coefficient (Wildman–Crippen LogP) is 2.24. The third-order valence-corrected chi connectivity index (χ3v) is 2.52. The molecule has 80 valence electrons. The summed E-state index contributed by atoms with van der Waals surface area (Å²) in [5.41, 5.74) is 0.550. The molecular formula is C11H19NO2. The molecular weight excluding hydrogens is 178 g/mol. The van der Waals surface area contributed by atoms with Crippen molar-refractivity contribution in [1.29, 1.82) is 0 Å². The first kappa shape index (κ1) is 11.1. The summed E-state index contributed by atoms with van der Waals surface area (Å²) in [7, 11) is 0. The molecule has 0 unspecified atom stereocenters. The maximum Gasteiger partial charge on any atom is 0.333 e. The summed E-state index contributed by atoms with van der Waals surface area (Å²) in [4.78, 5) is 13.0. The molecule has 1 heterocycles. The summed E-state index contributed by atoms with van der Waals surface area (Å²) in [6.45, 7) is 4.04. The fourth-order valence-corrected chi connectivity index (χ4v) is 1.76. The Bertz CT molecular complexity index is 217. The van der Waals surface area contributed by atoms with Crippen molar-refractivity contribution < 1.29 is 9.90 Å². The number of nitrogens with zero attached hydrogens (tertiary/aromatic N) is 1. The number of carbonyl (C=O) groups is 1. The molecule has 0 aromatic carbocycles. The van der Waals surface area contributed by atoms with Crippen molar-refractivity contribution in [2.75, 3.05) is 13.1 Å². The van der Waals surface area contributed by atoms with Gasteiger partial charge in [0, 0.05) is 19.3 Å². The summed E-state index contributed by atoms with van der Waals surface area (Å²) >= 11 is 0. The summed E-state index contributed by atoms with van der Waals surface area (Å²) in [5.74, 6) is -0.766. The highest BCUT2D eigenvalue weighted by Crippen LogP contribution is 2.13. The van der Waals surface area contributed by atoms with Crippen LogP contribution in [0.25, 0.3) is 0 Å². The average Bonchev–Trinajstić information content (AvgIpc) is 2.18. The van der Waals surface area contributed by atoms with Crippen LogP contribution in [-0.4, -0.2) is 29.1 Å². The van der Waals surface area contributed by atoms with Crippen LogP contribution in [0.1, 0.15) is 39.0 Å². The van der Waals surface area contributed by atoms with Gasteiger partial charge < -0.3 is 10.0 Å². The van der Waals surface area contributed by atoms with Crippen molar-refractivity contribution in [2.45, 2.75) is 39.0 Å². The zero-order valence-corrected chi connectivity index (χ0v) is 8.83. The van der Waals surface area contributed by atoms with Crippen LogP contribution in [0.15, 0.2) is 11.8 Å². The molecule has 0 aromatic rings. The van der Waals surface area contributed by atoms with Gasteiger partial charge in [0.25, 0.3) is 0 Å². The van der Waals surface area contributed by atoms with E-state index >= 15 is 0 Å². The summed E-state index contributed by atoms with van der Waals surface area (Å²) < 4.78 is 0. The topological polar surface area (TPSA) is 40.5 Å². The molecule has 0 atom stereocenters. The number of likely N-dealkylation sites (tertiary alicyclic amines) is 1. The number of hydrogen-bond acceptors (Lipinski definition) is 2. The minimum Gasteiger partial charge on any atom is -0.478 e. The van der Waals surface area contributed by atoms with Gasteiger partial charge in [-0.05, 0) is 25.7 Å². The number of hydrogen-bond donors (Lipinski definition) is 1. The van der Waals surface area contributed by atoms with E-state index in [2.05, 4.69) is 4.90 Å². The van der Waals surface area contributed by atoms with E-state index in [4.69, 9.17) is 5.11 Å². The zero-order chi connectivity index (χ0) is 10.4. The van der Waals surface area contributed by atoms with Gasteiger partial charge in [0.15, 0.2) is 0 Å². The molecule has 0 amide bonds.